The van der Waals surface area contributed by atoms with Gasteiger partial charge in [0.2, 0.25) is 0 Å². The van der Waals surface area contributed by atoms with Gasteiger partial charge >= 0.3 is 30.2 Å². The van der Waals surface area contributed by atoms with Gasteiger partial charge in [0.15, 0.2) is 0 Å². The fourth-order valence-corrected chi connectivity index (χ4v) is 1.50. The second-order valence-corrected chi connectivity index (χ2v) is 6.62. The largest absolute Gasteiger partial charge is 0.521 e. The number of carboxylic acid groups (broad SMARTS) is 1. The van der Waals surface area contributed by atoms with E-state index in [0.717, 1.165) is 6.08 Å². The number of esters is 2. The third-order valence-corrected chi connectivity index (χ3v) is 3.13. The molecular weight excluding hydrogens is 496 g/mol. The summed E-state index contributed by atoms with van der Waals surface area (Å²) in [5, 5.41) is 7.89. The summed E-state index contributed by atoms with van der Waals surface area (Å²) in [7, 11) is 0. The smallest absolute Gasteiger partial charge is 0.478 e. The normalized spacial score (nSPS) is 8.39. The number of carbonyl (C=O) groups is 5. The van der Waals surface area contributed by atoms with Crippen molar-refractivity contribution in [2.75, 3.05) is 0 Å². The Hall–Kier alpha value is -5.25. The van der Waals surface area contributed by atoms with Crippen molar-refractivity contribution in [3.05, 3.63) is 110 Å². The molecule has 0 heterocycles. The minimum absolute atomic E-state index is 0.139. The minimum atomic E-state index is -1.07. The molecule has 0 atom stereocenters. The zero-order valence-corrected chi connectivity index (χ0v) is 21.4. The molecule has 10 nitrogen and oxygen atoms in total. The summed E-state index contributed by atoms with van der Waals surface area (Å²) in [6.07, 6.45) is 0.502. The Morgan fingerprint density at radius 1 is 0.711 bits per heavy atom. The predicted molar refractivity (Wildman–Crippen MR) is 140 cm³/mol. The first-order valence-corrected chi connectivity index (χ1v) is 10.6. The summed E-state index contributed by atoms with van der Waals surface area (Å²) < 4.78 is 17.9. The maximum Gasteiger partial charge on any atom is 0.521 e. The first kappa shape index (κ1) is 34.9. The third kappa shape index (κ3) is 20.2. The lowest BCUT2D eigenvalue weighted by Crippen LogP contribution is -2.16. The van der Waals surface area contributed by atoms with Crippen LogP contribution in [0.1, 0.15) is 20.8 Å². The Balaban J connectivity index is 0. The number of allylic oxidation sites excluding steroid dienone is 1. The molecule has 0 aliphatic heterocycles. The van der Waals surface area contributed by atoms with Gasteiger partial charge in [0.05, 0.1) is 0 Å². The molecule has 0 aromatic heterocycles. The van der Waals surface area contributed by atoms with E-state index in [-0.39, 0.29) is 11.1 Å². The summed E-state index contributed by atoms with van der Waals surface area (Å²) in [5.74, 6) is -1.94. The van der Waals surface area contributed by atoms with Crippen LogP contribution in [-0.4, -0.2) is 35.3 Å². The maximum atomic E-state index is 11.0. The lowest BCUT2D eigenvalue weighted by atomic mass is 10.3. The summed E-state index contributed by atoms with van der Waals surface area (Å²) in [6, 6.07) is 16.6. The quantitative estimate of drug-likeness (QED) is 0.161. The number of hydrogen-bond acceptors (Lipinski definition) is 9. The lowest BCUT2D eigenvalue weighted by Gasteiger charge is -2.03. The van der Waals surface area contributed by atoms with Crippen molar-refractivity contribution < 1.29 is 48.0 Å². The fourth-order valence-electron chi connectivity index (χ4n) is 1.50. The molecule has 38 heavy (non-hydrogen) atoms. The summed E-state index contributed by atoms with van der Waals surface area (Å²) in [6.45, 7) is 17.8. The van der Waals surface area contributed by atoms with Crippen molar-refractivity contribution in [2.24, 2.45) is 0 Å². The van der Waals surface area contributed by atoms with E-state index in [1.165, 1.54) is 13.8 Å². The number of ether oxygens (including phenoxy) is 4. The molecule has 0 spiro atoms. The molecule has 2 rings (SSSR count). The Morgan fingerprint density at radius 3 is 1.34 bits per heavy atom. The van der Waals surface area contributed by atoms with Crippen LogP contribution in [0.2, 0.25) is 0 Å². The first-order chi connectivity index (χ1) is 17.9. The highest BCUT2D eigenvalue weighted by atomic mass is 16.7. The van der Waals surface area contributed by atoms with Crippen molar-refractivity contribution in [1.82, 2.24) is 0 Å². The molecule has 202 valence electrons. The van der Waals surface area contributed by atoms with Crippen LogP contribution in [0.3, 0.4) is 0 Å². The van der Waals surface area contributed by atoms with E-state index >= 15 is 0 Å². The van der Waals surface area contributed by atoms with E-state index in [1.807, 2.05) is 6.92 Å². The summed E-state index contributed by atoms with van der Waals surface area (Å²) in [4.78, 5) is 53.0. The Labute approximate surface area is 221 Å². The minimum Gasteiger partial charge on any atom is -0.478 e. The number of rotatable bonds is 5. The monoisotopic (exact) mass is 526 g/mol. The van der Waals surface area contributed by atoms with Gasteiger partial charge in [-0.15, -0.1) is 6.58 Å². The van der Waals surface area contributed by atoms with Gasteiger partial charge in [-0.25, -0.2) is 24.0 Å². The van der Waals surface area contributed by atoms with Crippen LogP contribution in [0.5, 0.6) is 11.5 Å². The molecule has 0 aliphatic rings. The number of benzene rings is 2. The molecule has 1 N–H and O–H groups in total. The third-order valence-electron chi connectivity index (χ3n) is 3.13. The highest BCUT2D eigenvalue weighted by Gasteiger charge is 2.12. The van der Waals surface area contributed by atoms with Gasteiger partial charge in [-0.1, -0.05) is 62.2 Å². The Bertz CT molecular complexity index is 1090. The lowest BCUT2D eigenvalue weighted by molar-refractivity contribution is -0.135. The molecule has 0 radical (unpaired) electrons. The van der Waals surface area contributed by atoms with Gasteiger partial charge in [0.25, 0.3) is 0 Å². The SMILES string of the molecule is C=C(C)C(=O)O.C=C(C)C(=O)OC(=O)Oc1ccccc1.C=CC.C=CC(=O)OC(=O)Oc1ccccc1. The van der Waals surface area contributed by atoms with Crippen LogP contribution in [0.4, 0.5) is 9.59 Å². The maximum absolute atomic E-state index is 11.0. The molecule has 10 heteroatoms. The van der Waals surface area contributed by atoms with Gasteiger partial charge in [-0.05, 0) is 45.0 Å². The summed E-state index contributed by atoms with van der Waals surface area (Å²) in [5.41, 5.74) is 0.315. The van der Waals surface area contributed by atoms with Gasteiger partial charge in [0.1, 0.15) is 11.5 Å². The van der Waals surface area contributed by atoms with Crippen LogP contribution < -0.4 is 9.47 Å². The summed E-state index contributed by atoms with van der Waals surface area (Å²) >= 11 is 0. The Morgan fingerprint density at radius 2 is 1.05 bits per heavy atom. The van der Waals surface area contributed by atoms with Crippen LogP contribution >= 0.6 is 0 Å². The van der Waals surface area contributed by atoms with Crippen molar-refractivity contribution in [1.29, 1.82) is 0 Å². The molecule has 0 unspecified atom stereocenters. The van der Waals surface area contributed by atoms with Crippen LogP contribution in [0.25, 0.3) is 0 Å². The Kier molecular flexibility index (Phi) is 19.4. The fraction of sp³-hybridized carbons (Fsp3) is 0.107. The number of aliphatic carboxylic acids is 1. The standard InChI is InChI=1S/C11H10O4.C10H8O4.C4H6O2.C3H6/c1-8(2)10(12)15-11(13)14-9-6-4-3-5-7-9;1-2-9(11)14-10(12)13-8-6-4-3-5-7-8;1-3(2)4(5)6;1-3-2/h3-7H,1H2,2H3;2-7H,1H2;1H2,2H3,(H,5,6);3H,1H2,2H3. The van der Waals surface area contributed by atoms with E-state index < -0.39 is 30.2 Å². The number of hydrogen-bond donors (Lipinski definition) is 1. The average Bonchev–Trinajstić information content (AvgIpc) is 2.86. The number of carbonyl (C=O) groups excluding carboxylic acids is 4. The van der Waals surface area contributed by atoms with Crippen molar-refractivity contribution in [3.63, 3.8) is 0 Å². The van der Waals surface area contributed by atoms with E-state index in [2.05, 4.69) is 40.5 Å². The molecule has 0 aliphatic carbocycles. The average molecular weight is 527 g/mol. The van der Waals surface area contributed by atoms with E-state index in [4.69, 9.17) is 9.84 Å². The van der Waals surface area contributed by atoms with Gasteiger partial charge < -0.3 is 24.1 Å². The topological polar surface area (TPSA) is 142 Å². The molecule has 0 saturated heterocycles. The van der Waals surface area contributed by atoms with Gasteiger partial charge in [-0.3, -0.25) is 0 Å². The van der Waals surface area contributed by atoms with Crippen molar-refractivity contribution in [2.45, 2.75) is 20.8 Å². The molecule has 0 bridgehead atoms. The predicted octanol–water partition coefficient (Wildman–Crippen LogP) is 6.06. The molecule has 0 saturated carbocycles. The van der Waals surface area contributed by atoms with Crippen molar-refractivity contribution in [3.8, 4) is 11.5 Å². The molecule has 0 amide bonds. The van der Waals surface area contributed by atoms with Crippen molar-refractivity contribution >= 4 is 30.2 Å². The zero-order chi connectivity index (χ0) is 29.5. The van der Waals surface area contributed by atoms with Crippen LogP contribution in [0.15, 0.2) is 110 Å². The zero-order valence-electron chi connectivity index (χ0n) is 21.4. The van der Waals surface area contributed by atoms with Crippen LogP contribution in [-0.2, 0) is 23.9 Å². The van der Waals surface area contributed by atoms with Gasteiger partial charge in [-0.2, -0.15) is 0 Å². The molecular formula is C28H30O10. The highest BCUT2D eigenvalue weighted by molar-refractivity contribution is 5.93. The second kappa shape index (κ2) is 21.1. The second-order valence-electron chi connectivity index (χ2n) is 6.62. The molecule has 2 aromatic rings. The molecule has 0 fully saturated rings. The highest BCUT2D eigenvalue weighted by Crippen LogP contribution is 2.10. The number of carboxylic acids is 1. The van der Waals surface area contributed by atoms with E-state index in [0.29, 0.717) is 11.5 Å². The van der Waals surface area contributed by atoms with Gasteiger partial charge in [0, 0.05) is 17.2 Å². The van der Waals surface area contributed by atoms with E-state index in [9.17, 15) is 24.0 Å². The first-order valence-electron chi connectivity index (χ1n) is 10.6. The molecule has 2 aromatic carbocycles. The number of para-hydroxylation sites is 2. The van der Waals surface area contributed by atoms with Crippen LogP contribution in [0, 0.1) is 0 Å². The van der Waals surface area contributed by atoms with E-state index in [1.54, 1.807) is 66.7 Å².